The van der Waals surface area contributed by atoms with Gasteiger partial charge in [0.25, 0.3) is 5.91 Å². The van der Waals surface area contributed by atoms with Crippen molar-refractivity contribution in [1.29, 1.82) is 0 Å². The second kappa shape index (κ2) is 12.7. The van der Waals surface area contributed by atoms with Crippen molar-refractivity contribution in [3.05, 3.63) is 89.5 Å². The van der Waals surface area contributed by atoms with Crippen molar-refractivity contribution in [2.75, 3.05) is 31.2 Å². The van der Waals surface area contributed by atoms with Gasteiger partial charge in [0, 0.05) is 18.8 Å². The van der Waals surface area contributed by atoms with Crippen LogP contribution in [0, 0.1) is 5.92 Å². The van der Waals surface area contributed by atoms with Gasteiger partial charge in [0.05, 0.1) is 17.9 Å². The van der Waals surface area contributed by atoms with Gasteiger partial charge < -0.3 is 15.7 Å². The number of anilines is 1. The van der Waals surface area contributed by atoms with Crippen LogP contribution in [-0.2, 0) is 16.4 Å². The molecule has 4 N–H and O–H groups in total. The van der Waals surface area contributed by atoms with E-state index in [0.717, 1.165) is 35.9 Å². The van der Waals surface area contributed by atoms with E-state index in [0.29, 0.717) is 24.7 Å². The van der Waals surface area contributed by atoms with Gasteiger partial charge >= 0.3 is 0 Å². The summed E-state index contributed by atoms with van der Waals surface area (Å²) in [6.45, 7) is 6.00. The standard InChI is InChI=1S/C28H35N3O4S/c1-20(2)18-30-26-17-24(13-14-25(26)28(33)31-36(3,34)35)22-11-9-21(10-12-22)15-16-29-19-27(32)23-7-5-4-6-8-23/h4-14,17,20,27,29-30,32H,15-16,18-19H2,1-3H3,(H,31,33)/t27-/m0/s1. The number of aliphatic hydroxyl groups is 1. The molecule has 0 fully saturated rings. The van der Waals surface area contributed by atoms with Gasteiger partial charge in [-0.05, 0) is 53.3 Å². The van der Waals surface area contributed by atoms with Crippen LogP contribution in [0.25, 0.3) is 11.1 Å². The topological polar surface area (TPSA) is 108 Å². The van der Waals surface area contributed by atoms with Gasteiger partial charge in [0.15, 0.2) is 0 Å². The molecule has 0 saturated heterocycles. The molecule has 3 rings (SSSR count). The number of aliphatic hydroxyl groups excluding tert-OH is 1. The van der Waals surface area contributed by atoms with Crippen molar-refractivity contribution in [1.82, 2.24) is 10.0 Å². The van der Waals surface area contributed by atoms with E-state index < -0.39 is 22.0 Å². The highest BCUT2D eigenvalue weighted by molar-refractivity contribution is 7.89. The molecule has 0 heterocycles. The molecule has 36 heavy (non-hydrogen) atoms. The summed E-state index contributed by atoms with van der Waals surface area (Å²) < 4.78 is 25.1. The molecule has 8 heteroatoms. The lowest BCUT2D eigenvalue weighted by Gasteiger charge is -2.15. The summed E-state index contributed by atoms with van der Waals surface area (Å²) in [4.78, 5) is 12.5. The molecule has 3 aromatic carbocycles. The summed E-state index contributed by atoms with van der Waals surface area (Å²) in [5.74, 6) is -0.309. The lowest BCUT2D eigenvalue weighted by atomic mass is 10.00. The van der Waals surface area contributed by atoms with E-state index in [9.17, 15) is 18.3 Å². The number of hydrogen-bond acceptors (Lipinski definition) is 6. The molecular formula is C28H35N3O4S. The van der Waals surface area contributed by atoms with Crippen molar-refractivity contribution >= 4 is 21.6 Å². The Labute approximate surface area is 214 Å². The predicted octanol–water partition coefficient (Wildman–Crippen LogP) is 3.98. The van der Waals surface area contributed by atoms with Crippen LogP contribution in [0.3, 0.4) is 0 Å². The fourth-order valence-corrected chi connectivity index (χ4v) is 4.18. The monoisotopic (exact) mass is 509 g/mol. The number of hydrogen-bond donors (Lipinski definition) is 4. The lowest BCUT2D eigenvalue weighted by Crippen LogP contribution is -2.30. The molecule has 0 radical (unpaired) electrons. The Balaban J connectivity index is 1.64. The highest BCUT2D eigenvalue weighted by atomic mass is 32.2. The van der Waals surface area contributed by atoms with E-state index in [2.05, 4.69) is 36.6 Å². The van der Waals surface area contributed by atoms with Crippen LogP contribution in [0.4, 0.5) is 5.69 Å². The maximum absolute atomic E-state index is 12.5. The molecular weight excluding hydrogens is 474 g/mol. The molecule has 0 aromatic heterocycles. The molecule has 0 spiro atoms. The van der Waals surface area contributed by atoms with Crippen molar-refractivity contribution in [2.24, 2.45) is 5.92 Å². The van der Waals surface area contributed by atoms with E-state index in [1.807, 2.05) is 59.3 Å². The number of carbonyl (C=O) groups excluding carboxylic acids is 1. The Morgan fingerprint density at radius 3 is 2.22 bits per heavy atom. The van der Waals surface area contributed by atoms with Crippen LogP contribution in [0.2, 0.25) is 0 Å². The second-order valence-corrected chi connectivity index (χ2v) is 11.1. The van der Waals surface area contributed by atoms with Gasteiger partial charge in [-0.2, -0.15) is 0 Å². The molecule has 0 aliphatic carbocycles. The molecule has 0 bridgehead atoms. The molecule has 3 aromatic rings. The van der Waals surface area contributed by atoms with Gasteiger partial charge in [-0.15, -0.1) is 0 Å². The summed E-state index contributed by atoms with van der Waals surface area (Å²) >= 11 is 0. The first kappa shape index (κ1) is 27.4. The molecule has 0 aliphatic heterocycles. The quantitative estimate of drug-likeness (QED) is 0.275. The Kier molecular flexibility index (Phi) is 9.64. The van der Waals surface area contributed by atoms with Crippen LogP contribution >= 0.6 is 0 Å². The van der Waals surface area contributed by atoms with Gasteiger partial charge in [0.2, 0.25) is 10.0 Å². The first-order chi connectivity index (χ1) is 17.1. The zero-order chi connectivity index (χ0) is 26.1. The molecule has 0 saturated carbocycles. The summed E-state index contributed by atoms with van der Waals surface area (Å²) in [6, 6.07) is 23.1. The Bertz CT molecular complexity index is 1240. The summed E-state index contributed by atoms with van der Waals surface area (Å²) in [6.07, 6.45) is 1.26. The fourth-order valence-electron chi connectivity index (χ4n) is 3.73. The Hall–Kier alpha value is -3.20. The van der Waals surface area contributed by atoms with E-state index >= 15 is 0 Å². The summed E-state index contributed by atoms with van der Waals surface area (Å²) in [5.41, 5.74) is 4.86. The third kappa shape index (κ3) is 8.48. The molecule has 1 atom stereocenters. The number of nitrogens with one attached hydrogen (secondary N) is 3. The largest absolute Gasteiger partial charge is 0.387 e. The first-order valence-corrected chi connectivity index (χ1v) is 13.9. The number of sulfonamides is 1. The van der Waals surface area contributed by atoms with Crippen LogP contribution in [0.1, 0.15) is 41.4 Å². The SMILES string of the molecule is CC(C)CNc1cc(-c2ccc(CCNC[C@H](O)c3ccccc3)cc2)ccc1C(=O)NS(C)(=O)=O. The van der Waals surface area contributed by atoms with Gasteiger partial charge in [0.1, 0.15) is 0 Å². The average molecular weight is 510 g/mol. The highest BCUT2D eigenvalue weighted by Gasteiger charge is 2.16. The number of benzene rings is 3. The molecule has 0 aliphatic rings. The molecule has 1 amide bonds. The van der Waals surface area contributed by atoms with E-state index in [1.54, 1.807) is 6.07 Å². The number of carbonyl (C=O) groups is 1. The van der Waals surface area contributed by atoms with Crippen molar-refractivity contribution in [3.8, 4) is 11.1 Å². The number of rotatable bonds is 12. The maximum Gasteiger partial charge on any atom is 0.266 e. The van der Waals surface area contributed by atoms with Crippen LogP contribution < -0.4 is 15.4 Å². The smallest absolute Gasteiger partial charge is 0.266 e. The van der Waals surface area contributed by atoms with Crippen molar-refractivity contribution in [3.63, 3.8) is 0 Å². The fraction of sp³-hybridized carbons (Fsp3) is 0.321. The highest BCUT2D eigenvalue weighted by Crippen LogP contribution is 2.27. The predicted molar refractivity (Wildman–Crippen MR) is 145 cm³/mol. The maximum atomic E-state index is 12.5. The zero-order valence-corrected chi connectivity index (χ0v) is 21.8. The first-order valence-electron chi connectivity index (χ1n) is 12.1. The van der Waals surface area contributed by atoms with Crippen LogP contribution in [0.5, 0.6) is 0 Å². The van der Waals surface area contributed by atoms with Crippen molar-refractivity contribution in [2.45, 2.75) is 26.4 Å². The Morgan fingerprint density at radius 2 is 1.58 bits per heavy atom. The zero-order valence-electron chi connectivity index (χ0n) is 21.0. The molecule has 192 valence electrons. The molecule has 7 nitrogen and oxygen atoms in total. The van der Waals surface area contributed by atoms with Gasteiger partial charge in [-0.1, -0.05) is 74.5 Å². The Morgan fingerprint density at radius 1 is 0.917 bits per heavy atom. The number of amides is 1. The molecule has 0 unspecified atom stereocenters. The minimum absolute atomic E-state index is 0.283. The average Bonchev–Trinajstić information content (AvgIpc) is 2.85. The van der Waals surface area contributed by atoms with E-state index in [-0.39, 0.29) is 5.56 Å². The third-order valence-corrected chi connectivity index (χ3v) is 6.20. The third-order valence-electron chi connectivity index (χ3n) is 5.64. The summed E-state index contributed by atoms with van der Waals surface area (Å²) in [5, 5.41) is 16.8. The van der Waals surface area contributed by atoms with Gasteiger partial charge in [-0.25, -0.2) is 13.1 Å². The van der Waals surface area contributed by atoms with Gasteiger partial charge in [-0.3, -0.25) is 4.79 Å². The lowest BCUT2D eigenvalue weighted by molar-refractivity contribution is 0.0982. The second-order valence-electron chi connectivity index (χ2n) is 9.32. The van der Waals surface area contributed by atoms with Crippen LogP contribution in [0.15, 0.2) is 72.8 Å². The van der Waals surface area contributed by atoms with E-state index in [1.165, 1.54) is 5.56 Å². The summed E-state index contributed by atoms with van der Waals surface area (Å²) in [7, 11) is -3.66. The van der Waals surface area contributed by atoms with Crippen molar-refractivity contribution < 1.29 is 18.3 Å². The normalized spacial score (nSPS) is 12.4. The van der Waals surface area contributed by atoms with E-state index in [4.69, 9.17) is 0 Å². The minimum atomic E-state index is -3.66. The van der Waals surface area contributed by atoms with Crippen LogP contribution in [-0.4, -0.2) is 45.3 Å². The minimum Gasteiger partial charge on any atom is -0.387 e.